The summed E-state index contributed by atoms with van der Waals surface area (Å²) in [6, 6.07) is 2.71. The monoisotopic (exact) mass is 233 g/mol. The highest BCUT2D eigenvalue weighted by atomic mass is 19.3. The first-order chi connectivity index (χ1) is 7.33. The Morgan fingerprint density at radius 3 is 2.62 bits per heavy atom. The molecule has 0 aliphatic rings. The lowest BCUT2D eigenvalue weighted by molar-refractivity contribution is -0.0113. The number of hydrogen-bond acceptors (Lipinski definition) is 2. The lowest BCUT2D eigenvalue weighted by Gasteiger charge is -2.22. The Morgan fingerprint density at radius 1 is 1.56 bits per heavy atom. The van der Waals surface area contributed by atoms with Crippen molar-refractivity contribution in [2.24, 2.45) is 5.41 Å². The number of rotatable bonds is 5. The van der Waals surface area contributed by atoms with Gasteiger partial charge in [0.15, 0.2) is 5.88 Å². The summed E-state index contributed by atoms with van der Waals surface area (Å²) >= 11 is 0. The number of ether oxygens (including phenoxy) is 1. The number of aromatic nitrogens is 1. The maximum absolute atomic E-state index is 12.5. The Bertz CT molecular complexity index is 374. The van der Waals surface area contributed by atoms with Crippen molar-refractivity contribution in [2.45, 2.75) is 20.3 Å². The van der Waals surface area contributed by atoms with E-state index in [9.17, 15) is 13.6 Å². The van der Waals surface area contributed by atoms with E-state index < -0.39 is 17.8 Å². The van der Waals surface area contributed by atoms with E-state index in [1.165, 1.54) is 26.0 Å². The molecule has 6 heteroatoms. The van der Waals surface area contributed by atoms with Gasteiger partial charge in [-0.15, -0.1) is 0 Å². The van der Waals surface area contributed by atoms with Crippen molar-refractivity contribution in [3.63, 3.8) is 0 Å². The van der Waals surface area contributed by atoms with Crippen LogP contribution in [0.5, 0.6) is 5.88 Å². The Balaban J connectivity index is 2.58. The van der Waals surface area contributed by atoms with E-state index in [0.717, 1.165) is 0 Å². The van der Waals surface area contributed by atoms with Crippen LogP contribution in [0, 0.1) is 5.41 Å². The molecular formula is C10H13F2NO3. The molecule has 0 spiro atoms. The summed E-state index contributed by atoms with van der Waals surface area (Å²) in [5.41, 5.74) is -1.31. The molecule has 0 atom stereocenters. The second kappa shape index (κ2) is 4.51. The van der Waals surface area contributed by atoms with Gasteiger partial charge in [0.25, 0.3) is 0 Å². The summed E-state index contributed by atoms with van der Waals surface area (Å²) in [5, 5.41) is 8.61. The molecule has 1 aromatic rings. The summed E-state index contributed by atoms with van der Waals surface area (Å²) in [7, 11) is 0. The Kier molecular flexibility index (Phi) is 3.51. The molecule has 0 radical (unpaired) electrons. The summed E-state index contributed by atoms with van der Waals surface area (Å²) in [6.45, 7) is 2.56. The van der Waals surface area contributed by atoms with Gasteiger partial charge in [0.1, 0.15) is 12.3 Å². The average Bonchev–Trinajstić information content (AvgIpc) is 2.63. The summed E-state index contributed by atoms with van der Waals surface area (Å²) < 4.78 is 30.0. The van der Waals surface area contributed by atoms with Crippen molar-refractivity contribution in [1.82, 2.24) is 4.98 Å². The molecule has 0 saturated heterocycles. The first kappa shape index (κ1) is 12.5. The number of H-pyrrole nitrogens is 1. The fourth-order valence-electron chi connectivity index (χ4n) is 0.911. The first-order valence-electron chi connectivity index (χ1n) is 4.66. The maximum atomic E-state index is 12.5. The van der Waals surface area contributed by atoms with Crippen LogP contribution < -0.4 is 4.74 Å². The Labute approximate surface area is 91.2 Å². The van der Waals surface area contributed by atoms with E-state index in [1.54, 1.807) is 0 Å². The molecule has 0 bridgehead atoms. The molecule has 0 unspecified atom stereocenters. The molecule has 1 aromatic heterocycles. The summed E-state index contributed by atoms with van der Waals surface area (Å²) in [5.74, 6) is -0.950. The molecule has 16 heavy (non-hydrogen) atoms. The van der Waals surface area contributed by atoms with Crippen molar-refractivity contribution >= 4 is 5.97 Å². The number of halogens is 2. The van der Waals surface area contributed by atoms with Gasteiger partial charge < -0.3 is 14.8 Å². The van der Waals surface area contributed by atoms with Crippen LogP contribution >= 0.6 is 0 Å². The quantitative estimate of drug-likeness (QED) is 0.820. The Morgan fingerprint density at radius 2 is 2.19 bits per heavy atom. The molecule has 0 aromatic carbocycles. The molecule has 1 rings (SSSR count). The van der Waals surface area contributed by atoms with Gasteiger partial charge in [-0.2, -0.15) is 0 Å². The van der Waals surface area contributed by atoms with Gasteiger partial charge in [-0.05, 0) is 6.07 Å². The molecule has 2 N–H and O–H groups in total. The largest absolute Gasteiger partial charge is 0.478 e. The summed E-state index contributed by atoms with van der Waals surface area (Å²) in [4.78, 5) is 13.0. The van der Waals surface area contributed by atoms with Gasteiger partial charge in [-0.1, -0.05) is 13.8 Å². The number of carbonyl (C=O) groups is 1. The van der Waals surface area contributed by atoms with Crippen LogP contribution in [-0.2, 0) is 0 Å². The van der Waals surface area contributed by atoms with Gasteiger partial charge >= 0.3 is 5.97 Å². The second-order valence-corrected chi connectivity index (χ2v) is 4.12. The number of carboxylic acid groups (broad SMARTS) is 1. The minimum absolute atomic E-state index is 0.0372. The van der Waals surface area contributed by atoms with Crippen LogP contribution in [0.15, 0.2) is 12.1 Å². The molecule has 0 amide bonds. The number of nitrogens with one attached hydrogen (secondary N) is 1. The molecule has 4 nitrogen and oxygen atoms in total. The molecule has 0 saturated carbocycles. The zero-order valence-corrected chi connectivity index (χ0v) is 8.96. The predicted octanol–water partition coefficient (Wildman–Crippen LogP) is 2.38. The van der Waals surface area contributed by atoms with Gasteiger partial charge in [-0.3, -0.25) is 0 Å². The topological polar surface area (TPSA) is 62.3 Å². The number of carboxylic acids is 1. The number of hydrogen-bond donors (Lipinski definition) is 2. The number of aromatic carboxylic acids is 1. The van der Waals surface area contributed by atoms with Gasteiger partial charge in [0.2, 0.25) is 6.43 Å². The predicted molar refractivity (Wildman–Crippen MR) is 53.0 cm³/mol. The van der Waals surface area contributed by atoms with Gasteiger partial charge in [-0.25, -0.2) is 13.6 Å². The first-order valence-corrected chi connectivity index (χ1v) is 4.66. The van der Waals surface area contributed by atoms with Crippen LogP contribution in [0.2, 0.25) is 0 Å². The van der Waals surface area contributed by atoms with Crippen LogP contribution in [0.4, 0.5) is 8.78 Å². The SMILES string of the molecule is CC(C)(COc1ccc(C(=O)O)[nH]1)C(F)F. The van der Waals surface area contributed by atoms with E-state index in [4.69, 9.17) is 9.84 Å². The molecule has 0 aliphatic heterocycles. The highest BCUT2D eigenvalue weighted by Gasteiger charge is 2.30. The normalized spacial score (nSPS) is 11.8. The van der Waals surface area contributed by atoms with E-state index in [1.807, 2.05) is 0 Å². The highest BCUT2D eigenvalue weighted by Crippen LogP contribution is 2.25. The van der Waals surface area contributed by atoms with Crippen LogP contribution in [0.3, 0.4) is 0 Å². The zero-order chi connectivity index (χ0) is 12.3. The van der Waals surface area contributed by atoms with Crippen LogP contribution in [0.1, 0.15) is 24.3 Å². The summed E-state index contributed by atoms with van der Waals surface area (Å²) in [6.07, 6.45) is -2.50. The zero-order valence-electron chi connectivity index (χ0n) is 8.96. The number of aromatic amines is 1. The fraction of sp³-hybridized carbons (Fsp3) is 0.500. The molecule has 0 aliphatic carbocycles. The van der Waals surface area contributed by atoms with Gasteiger partial charge in [0, 0.05) is 6.07 Å². The third-order valence-corrected chi connectivity index (χ3v) is 2.08. The van der Waals surface area contributed by atoms with E-state index in [2.05, 4.69) is 4.98 Å². The standard InChI is InChI=1S/C10H13F2NO3/c1-10(2,9(11)12)5-16-7-4-3-6(13-7)8(14)15/h3-4,9,13H,5H2,1-2H3,(H,14,15). The fourth-order valence-corrected chi connectivity index (χ4v) is 0.911. The van der Waals surface area contributed by atoms with E-state index in [0.29, 0.717) is 0 Å². The van der Waals surface area contributed by atoms with Crippen molar-refractivity contribution in [1.29, 1.82) is 0 Å². The highest BCUT2D eigenvalue weighted by molar-refractivity contribution is 5.85. The third kappa shape index (κ3) is 2.95. The number of alkyl halides is 2. The second-order valence-electron chi connectivity index (χ2n) is 4.12. The van der Waals surface area contributed by atoms with Crippen molar-refractivity contribution in [2.75, 3.05) is 6.61 Å². The molecular weight excluding hydrogens is 220 g/mol. The maximum Gasteiger partial charge on any atom is 0.352 e. The molecule has 90 valence electrons. The van der Waals surface area contributed by atoms with E-state index in [-0.39, 0.29) is 18.2 Å². The molecule has 0 fully saturated rings. The van der Waals surface area contributed by atoms with E-state index >= 15 is 0 Å². The van der Waals surface area contributed by atoms with Gasteiger partial charge in [0.05, 0.1) is 5.41 Å². The average molecular weight is 233 g/mol. The minimum Gasteiger partial charge on any atom is -0.478 e. The van der Waals surface area contributed by atoms with Crippen molar-refractivity contribution < 1.29 is 23.4 Å². The molecule has 1 heterocycles. The lowest BCUT2D eigenvalue weighted by atomic mass is 9.96. The smallest absolute Gasteiger partial charge is 0.352 e. The van der Waals surface area contributed by atoms with Crippen LogP contribution in [-0.4, -0.2) is 29.1 Å². The third-order valence-electron chi connectivity index (χ3n) is 2.08. The van der Waals surface area contributed by atoms with Crippen molar-refractivity contribution in [3.05, 3.63) is 17.8 Å². The minimum atomic E-state index is -2.50. The van der Waals surface area contributed by atoms with Crippen molar-refractivity contribution in [3.8, 4) is 5.88 Å². The Hall–Kier alpha value is -1.59. The van der Waals surface area contributed by atoms with Crippen LogP contribution in [0.25, 0.3) is 0 Å². The lowest BCUT2D eigenvalue weighted by Crippen LogP contribution is -2.29.